The van der Waals surface area contributed by atoms with Gasteiger partial charge >= 0.3 is 5.97 Å². The highest BCUT2D eigenvalue weighted by atomic mass is 32.2. The van der Waals surface area contributed by atoms with Crippen molar-refractivity contribution in [2.75, 3.05) is 37.3 Å². The maximum atomic E-state index is 12.7. The van der Waals surface area contributed by atoms with Crippen LogP contribution in [0.4, 0.5) is 5.69 Å². The minimum absolute atomic E-state index is 0.0267. The molecule has 178 valence electrons. The number of piperidine rings is 1. The molecule has 2 aliphatic heterocycles. The van der Waals surface area contributed by atoms with E-state index in [2.05, 4.69) is 10.3 Å². The van der Waals surface area contributed by atoms with Crippen LogP contribution in [0.2, 0.25) is 0 Å². The maximum Gasteiger partial charge on any atom is 0.338 e. The van der Waals surface area contributed by atoms with E-state index in [1.165, 1.54) is 0 Å². The van der Waals surface area contributed by atoms with Crippen LogP contribution < -0.4 is 5.32 Å². The second kappa shape index (κ2) is 12.1. The van der Waals surface area contributed by atoms with Gasteiger partial charge in [-0.3, -0.25) is 14.6 Å². The van der Waals surface area contributed by atoms with E-state index in [9.17, 15) is 14.4 Å². The molecule has 1 N–H and O–H groups in total. The Bertz CT molecular complexity index is 1050. The van der Waals surface area contributed by atoms with E-state index >= 15 is 0 Å². The molecular weight excluding hydrogens is 470 g/mol. The van der Waals surface area contributed by atoms with Crippen LogP contribution in [0.25, 0.3) is 0 Å². The summed E-state index contributed by atoms with van der Waals surface area (Å²) >= 11 is 3.35. The molecule has 2 aliphatic rings. The zero-order chi connectivity index (χ0) is 23.8. The average Bonchev–Trinajstić information content (AvgIpc) is 3.40. The van der Waals surface area contributed by atoms with Gasteiger partial charge in [-0.25, -0.2) is 4.79 Å². The molecule has 0 atom stereocenters. The molecule has 2 heterocycles. The number of likely N-dealkylation sites (tertiary alicyclic amines) is 1. The lowest BCUT2D eigenvalue weighted by molar-refractivity contribution is -0.137. The Morgan fingerprint density at radius 3 is 2.53 bits per heavy atom. The predicted molar refractivity (Wildman–Crippen MR) is 137 cm³/mol. The van der Waals surface area contributed by atoms with Crippen LogP contribution >= 0.6 is 23.5 Å². The van der Waals surface area contributed by atoms with E-state index < -0.39 is 5.97 Å². The number of carbonyl (C=O) groups excluding carboxylic acids is 3. The van der Waals surface area contributed by atoms with Gasteiger partial charge in [0.15, 0.2) is 6.61 Å². The molecular formula is C25H27N3O4S2. The molecule has 1 fully saturated rings. The van der Waals surface area contributed by atoms with Crippen molar-refractivity contribution in [3.63, 3.8) is 0 Å². The quantitative estimate of drug-likeness (QED) is 0.581. The number of anilines is 1. The fourth-order valence-corrected chi connectivity index (χ4v) is 5.85. The molecule has 1 saturated heterocycles. The average molecular weight is 498 g/mol. The van der Waals surface area contributed by atoms with Gasteiger partial charge in [-0.15, -0.1) is 0 Å². The lowest BCUT2D eigenvalue weighted by Gasteiger charge is -2.31. The van der Waals surface area contributed by atoms with Crippen LogP contribution in [0.15, 0.2) is 59.6 Å². The van der Waals surface area contributed by atoms with Crippen molar-refractivity contribution in [1.29, 1.82) is 0 Å². The van der Waals surface area contributed by atoms with Crippen LogP contribution in [0.1, 0.15) is 28.8 Å². The number of nitrogens with one attached hydrogen (secondary N) is 1. The molecule has 2 aromatic carbocycles. The molecule has 34 heavy (non-hydrogen) atoms. The molecule has 2 aromatic rings. The Morgan fingerprint density at radius 2 is 1.79 bits per heavy atom. The molecule has 4 rings (SSSR count). The molecule has 7 nitrogen and oxygen atoms in total. The van der Waals surface area contributed by atoms with Gasteiger partial charge < -0.3 is 15.0 Å². The predicted octanol–water partition coefficient (Wildman–Crippen LogP) is 4.06. The third kappa shape index (κ3) is 6.64. The first-order chi connectivity index (χ1) is 16.6. The van der Waals surface area contributed by atoms with Crippen molar-refractivity contribution >= 4 is 51.4 Å². The third-order valence-electron chi connectivity index (χ3n) is 5.73. The first-order valence-corrected chi connectivity index (χ1v) is 13.3. The number of hydrogen-bond donors (Lipinski definition) is 1. The van der Waals surface area contributed by atoms with E-state index in [1.807, 2.05) is 42.5 Å². The highest BCUT2D eigenvalue weighted by molar-refractivity contribution is 8.38. The third-order valence-corrected chi connectivity index (χ3v) is 8.03. The lowest BCUT2D eigenvalue weighted by atomic mass is 9.95. The fourth-order valence-electron chi connectivity index (χ4n) is 3.84. The van der Waals surface area contributed by atoms with Gasteiger partial charge in [0.2, 0.25) is 5.91 Å². The Labute approximate surface area is 207 Å². The van der Waals surface area contributed by atoms with E-state index in [1.54, 1.807) is 40.6 Å². The summed E-state index contributed by atoms with van der Waals surface area (Å²) in [6.45, 7) is 1.48. The summed E-state index contributed by atoms with van der Waals surface area (Å²) in [7, 11) is 0. The highest BCUT2D eigenvalue weighted by Crippen LogP contribution is 2.27. The van der Waals surface area contributed by atoms with Crippen molar-refractivity contribution in [2.24, 2.45) is 10.9 Å². The van der Waals surface area contributed by atoms with Gasteiger partial charge in [-0.2, -0.15) is 0 Å². The lowest BCUT2D eigenvalue weighted by Crippen LogP contribution is -2.43. The van der Waals surface area contributed by atoms with Crippen LogP contribution in [0.5, 0.6) is 0 Å². The van der Waals surface area contributed by atoms with Gasteiger partial charge in [-0.1, -0.05) is 59.9 Å². The molecule has 0 saturated carbocycles. The summed E-state index contributed by atoms with van der Waals surface area (Å²) in [5.74, 6) is 0.730. The molecule has 2 amide bonds. The SMILES string of the molecule is O=C(OCC(=O)N1CCC(C(=O)Nc2ccccc2)CC1)c1ccccc1CSC1=NCCS1. The van der Waals surface area contributed by atoms with Gasteiger partial charge in [0, 0.05) is 36.2 Å². The number of hydrogen-bond acceptors (Lipinski definition) is 7. The summed E-state index contributed by atoms with van der Waals surface area (Å²) in [5.41, 5.74) is 2.11. The number of ether oxygens (including phenoxy) is 1. The zero-order valence-electron chi connectivity index (χ0n) is 18.8. The smallest absolute Gasteiger partial charge is 0.338 e. The van der Waals surface area contributed by atoms with E-state index in [0.29, 0.717) is 37.2 Å². The minimum atomic E-state index is -0.498. The molecule has 9 heteroatoms. The summed E-state index contributed by atoms with van der Waals surface area (Å²) < 4.78 is 6.40. The fraction of sp³-hybridized carbons (Fsp3) is 0.360. The standard InChI is InChI=1S/C25H27N3O4S2/c29-22(28-13-10-18(11-14-28)23(30)27-20-7-2-1-3-8-20)16-32-24(31)21-9-5-4-6-19(21)17-34-25-26-12-15-33-25/h1-9,18H,10-17H2,(H,27,30). The molecule has 0 unspecified atom stereocenters. The van der Waals surface area contributed by atoms with E-state index in [-0.39, 0.29) is 24.3 Å². The van der Waals surface area contributed by atoms with Gasteiger partial charge in [0.1, 0.15) is 4.38 Å². The van der Waals surface area contributed by atoms with E-state index in [0.717, 1.165) is 27.9 Å². The summed E-state index contributed by atoms with van der Waals surface area (Å²) in [6.07, 6.45) is 1.17. The zero-order valence-corrected chi connectivity index (χ0v) is 20.4. The second-order valence-corrected chi connectivity index (χ2v) is 10.3. The number of rotatable bonds is 7. The number of aliphatic imine (C=N–C) groups is 1. The van der Waals surface area contributed by atoms with Crippen LogP contribution in [-0.2, 0) is 20.1 Å². The molecule has 0 spiro atoms. The van der Waals surface area contributed by atoms with E-state index in [4.69, 9.17) is 4.74 Å². The topological polar surface area (TPSA) is 88.1 Å². The van der Waals surface area contributed by atoms with Crippen molar-refractivity contribution in [3.05, 3.63) is 65.7 Å². The summed E-state index contributed by atoms with van der Waals surface area (Å²) in [4.78, 5) is 43.9. The Hall–Kier alpha value is -2.78. The number of esters is 1. The monoisotopic (exact) mass is 497 g/mol. The first kappa shape index (κ1) is 24.3. The maximum absolute atomic E-state index is 12.7. The second-order valence-electron chi connectivity index (χ2n) is 8.03. The van der Waals surface area contributed by atoms with Crippen molar-refractivity contribution in [2.45, 2.75) is 18.6 Å². The van der Waals surface area contributed by atoms with Gasteiger partial charge in [0.05, 0.1) is 12.1 Å². The Balaban J connectivity index is 1.23. The first-order valence-electron chi connectivity index (χ1n) is 11.3. The molecule has 0 radical (unpaired) electrons. The number of benzene rings is 2. The minimum Gasteiger partial charge on any atom is -0.452 e. The number of thioether (sulfide) groups is 2. The van der Waals surface area contributed by atoms with Crippen LogP contribution in [-0.4, -0.2) is 59.1 Å². The van der Waals surface area contributed by atoms with Gasteiger partial charge in [0.25, 0.3) is 5.91 Å². The number of amides is 2. The summed E-state index contributed by atoms with van der Waals surface area (Å²) in [5, 5.41) is 2.93. The molecule has 0 aromatic heterocycles. The molecule has 0 aliphatic carbocycles. The number of para-hydroxylation sites is 1. The van der Waals surface area contributed by atoms with Crippen LogP contribution in [0.3, 0.4) is 0 Å². The normalized spacial score (nSPS) is 16.1. The number of nitrogens with zero attached hydrogens (tertiary/aromatic N) is 2. The number of carbonyl (C=O) groups is 3. The highest BCUT2D eigenvalue weighted by Gasteiger charge is 2.28. The van der Waals surface area contributed by atoms with Crippen molar-refractivity contribution < 1.29 is 19.1 Å². The largest absolute Gasteiger partial charge is 0.452 e. The Morgan fingerprint density at radius 1 is 1.06 bits per heavy atom. The summed E-state index contributed by atoms with van der Waals surface area (Å²) in [6, 6.07) is 16.7. The van der Waals surface area contributed by atoms with Crippen molar-refractivity contribution in [1.82, 2.24) is 4.90 Å². The van der Waals surface area contributed by atoms with Gasteiger partial charge in [-0.05, 0) is 36.6 Å². The van der Waals surface area contributed by atoms with Crippen molar-refractivity contribution in [3.8, 4) is 0 Å². The van der Waals surface area contributed by atoms with Crippen LogP contribution in [0, 0.1) is 5.92 Å². The Kier molecular flexibility index (Phi) is 8.65. The molecule has 0 bridgehead atoms.